The van der Waals surface area contributed by atoms with Gasteiger partial charge in [-0.3, -0.25) is 0 Å². The quantitative estimate of drug-likeness (QED) is 0.175. The molecule has 3 heterocycles. The van der Waals surface area contributed by atoms with Crippen LogP contribution in [0.2, 0.25) is 0 Å². The molecule has 0 N–H and O–H groups in total. The van der Waals surface area contributed by atoms with Crippen molar-refractivity contribution >= 4 is 87.4 Å². The van der Waals surface area contributed by atoms with Crippen LogP contribution in [0.15, 0.2) is 170 Å². The van der Waals surface area contributed by atoms with E-state index in [2.05, 4.69) is 205 Å². The molecular formula is C51H37N3S. The highest BCUT2D eigenvalue weighted by Gasteiger charge is 2.28. The number of rotatable bonds is 5. The Labute approximate surface area is 324 Å². The summed E-state index contributed by atoms with van der Waals surface area (Å²) in [7, 11) is 0. The van der Waals surface area contributed by atoms with Gasteiger partial charge in [0.25, 0.3) is 0 Å². The standard InChI is InChI=1S/C51H37N3S/c1-32-14-4-6-16-37(32)38-18-12-24-44(34(38)3)52(43-20-8-5-15-33(43)2)35-26-28-49-41(30-35)42-31-36(27-29-50(42)55-49)53-46-22-10-11-23-47(46)54-45-21-9-7-17-39(45)40-19-13-25-48(53)51(40)54/h4-31H,1-3H3. The number of hydrogen-bond donors (Lipinski definition) is 0. The van der Waals surface area contributed by atoms with E-state index in [1.165, 1.54) is 98.2 Å². The van der Waals surface area contributed by atoms with E-state index in [1.54, 1.807) is 0 Å². The second kappa shape index (κ2) is 12.2. The zero-order chi connectivity index (χ0) is 36.8. The number of aryl methyl sites for hydroxylation is 2. The Kier molecular flexibility index (Phi) is 7.07. The van der Waals surface area contributed by atoms with Gasteiger partial charge < -0.3 is 14.4 Å². The summed E-state index contributed by atoms with van der Waals surface area (Å²) in [5.74, 6) is 0. The van der Waals surface area contributed by atoms with Crippen molar-refractivity contribution in [1.29, 1.82) is 0 Å². The third-order valence-electron chi connectivity index (χ3n) is 11.6. The van der Waals surface area contributed by atoms with Crippen molar-refractivity contribution in [2.24, 2.45) is 0 Å². The van der Waals surface area contributed by atoms with E-state index in [-0.39, 0.29) is 0 Å². The minimum absolute atomic E-state index is 1.15. The van der Waals surface area contributed by atoms with Crippen molar-refractivity contribution in [1.82, 2.24) is 4.57 Å². The molecule has 10 aromatic rings. The first-order valence-corrected chi connectivity index (χ1v) is 19.8. The van der Waals surface area contributed by atoms with Gasteiger partial charge >= 0.3 is 0 Å². The Morgan fingerprint density at radius 2 is 1.09 bits per heavy atom. The summed E-state index contributed by atoms with van der Waals surface area (Å²) in [5.41, 5.74) is 17.0. The summed E-state index contributed by atoms with van der Waals surface area (Å²) in [6.07, 6.45) is 0. The maximum atomic E-state index is 2.46. The minimum Gasteiger partial charge on any atom is -0.310 e. The molecule has 1 aliphatic rings. The fourth-order valence-corrected chi connectivity index (χ4v) is 10.0. The van der Waals surface area contributed by atoms with Crippen LogP contribution in [0.5, 0.6) is 0 Å². The molecule has 0 saturated heterocycles. The van der Waals surface area contributed by atoms with Crippen LogP contribution in [0.4, 0.5) is 34.1 Å². The van der Waals surface area contributed by atoms with Gasteiger partial charge in [-0.15, -0.1) is 11.3 Å². The highest BCUT2D eigenvalue weighted by Crippen LogP contribution is 2.51. The number of benzene rings is 8. The second-order valence-electron chi connectivity index (χ2n) is 14.7. The molecule has 11 rings (SSSR count). The van der Waals surface area contributed by atoms with Gasteiger partial charge in [0, 0.05) is 53.7 Å². The van der Waals surface area contributed by atoms with Crippen LogP contribution >= 0.6 is 11.3 Å². The van der Waals surface area contributed by atoms with Crippen molar-refractivity contribution in [2.75, 3.05) is 9.80 Å². The summed E-state index contributed by atoms with van der Waals surface area (Å²) >= 11 is 1.87. The Morgan fingerprint density at radius 3 is 1.95 bits per heavy atom. The first-order valence-electron chi connectivity index (χ1n) is 18.9. The largest absolute Gasteiger partial charge is 0.310 e. The summed E-state index contributed by atoms with van der Waals surface area (Å²) in [6, 6.07) is 62.6. The average Bonchev–Trinajstić information content (AvgIpc) is 3.76. The number of aromatic nitrogens is 1. The zero-order valence-corrected chi connectivity index (χ0v) is 31.7. The number of hydrogen-bond acceptors (Lipinski definition) is 3. The number of anilines is 6. The molecule has 55 heavy (non-hydrogen) atoms. The van der Waals surface area contributed by atoms with Gasteiger partial charge in [0.1, 0.15) is 0 Å². The maximum absolute atomic E-state index is 2.46. The Hall–Kier alpha value is -6.62. The van der Waals surface area contributed by atoms with Gasteiger partial charge in [0.2, 0.25) is 0 Å². The lowest BCUT2D eigenvalue weighted by molar-refractivity contribution is 1.11. The van der Waals surface area contributed by atoms with E-state index in [0.717, 1.165) is 11.4 Å². The molecule has 262 valence electrons. The highest BCUT2D eigenvalue weighted by molar-refractivity contribution is 7.25. The van der Waals surface area contributed by atoms with Gasteiger partial charge in [-0.2, -0.15) is 0 Å². The van der Waals surface area contributed by atoms with Crippen molar-refractivity contribution < 1.29 is 0 Å². The number of fused-ring (bicyclic) bond motifs is 8. The molecule has 0 spiro atoms. The molecule has 1 aliphatic heterocycles. The van der Waals surface area contributed by atoms with Crippen molar-refractivity contribution in [3.8, 4) is 16.8 Å². The van der Waals surface area contributed by atoms with E-state index in [4.69, 9.17) is 0 Å². The van der Waals surface area contributed by atoms with Crippen LogP contribution in [-0.4, -0.2) is 4.57 Å². The molecule has 0 unspecified atom stereocenters. The molecule has 0 aliphatic carbocycles. The highest BCUT2D eigenvalue weighted by atomic mass is 32.1. The first-order chi connectivity index (χ1) is 27.0. The van der Waals surface area contributed by atoms with E-state index in [1.807, 2.05) is 11.3 Å². The summed E-state index contributed by atoms with van der Waals surface area (Å²) in [6.45, 7) is 6.68. The van der Waals surface area contributed by atoms with Gasteiger partial charge in [0.05, 0.1) is 28.1 Å². The number of nitrogens with zero attached hydrogens (tertiary/aromatic N) is 3. The Bertz CT molecular complexity index is 3160. The van der Waals surface area contributed by atoms with Gasteiger partial charge in [-0.25, -0.2) is 0 Å². The summed E-state index contributed by atoms with van der Waals surface area (Å²) in [5, 5.41) is 5.09. The lowest BCUT2D eigenvalue weighted by atomic mass is 9.95. The minimum atomic E-state index is 1.15. The van der Waals surface area contributed by atoms with Crippen molar-refractivity contribution in [3.63, 3.8) is 0 Å². The van der Waals surface area contributed by atoms with E-state index in [9.17, 15) is 0 Å². The SMILES string of the molecule is Cc1ccccc1-c1cccc(N(c2ccc3sc4ccc(N5c6ccccc6-n6c7ccccc7c7cccc5c76)cc4c3c2)c2ccccc2C)c1C. The summed E-state index contributed by atoms with van der Waals surface area (Å²) in [4.78, 5) is 4.92. The molecule has 0 amide bonds. The van der Waals surface area contributed by atoms with E-state index < -0.39 is 0 Å². The Balaban J connectivity index is 1.11. The number of para-hydroxylation sites is 5. The third-order valence-corrected chi connectivity index (χ3v) is 12.7. The fraction of sp³-hybridized carbons (Fsp3) is 0.0588. The normalized spacial score (nSPS) is 12.2. The molecule has 0 radical (unpaired) electrons. The third kappa shape index (κ3) is 4.75. The van der Waals surface area contributed by atoms with Crippen molar-refractivity contribution in [3.05, 3.63) is 187 Å². The van der Waals surface area contributed by atoms with E-state index >= 15 is 0 Å². The van der Waals surface area contributed by atoms with Gasteiger partial charge in [-0.05, 0) is 121 Å². The van der Waals surface area contributed by atoms with Gasteiger partial charge in [0.15, 0.2) is 0 Å². The fourth-order valence-electron chi connectivity index (χ4n) is 8.97. The van der Waals surface area contributed by atoms with Crippen LogP contribution in [0.3, 0.4) is 0 Å². The molecule has 0 fully saturated rings. The lowest BCUT2D eigenvalue weighted by Gasteiger charge is -2.33. The smallest absolute Gasteiger partial charge is 0.0783 e. The zero-order valence-electron chi connectivity index (χ0n) is 30.9. The molecular weight excluding hydrogens is 687 g/mol. The van der Waals surface area contributed by atoms with Crippen LogP contribution in [-0.2, 0) is 0 Å². The average molecular weight is 724 g/mol. The van der Waals surface area contributed by atoms with Crippen LogP contribution < -0.4 is 9.80 Å². The second-order valence-corrected chi connectivity index (χ2v) is 15.8. The molecule has 0 bridgehead atoms. The van der Waals surface area contributed by atoms with E-state index in [0.29, 0.717) is 0 Å². The molecule has 8 aromatic carbocycles. The van der Waals surface area contributed by atoms with Crippen molar-refractivity contribution in [2.45, 2.75) is 20.8 Å². The molecule has 4 heteroatoms. The van der Waals surface area contributed by atoms with Crippen LogP contribution in [0.25, 0.3) is 58.8 Å². The Morgan fingerprint density at radius 1 is 0.455 bits per heavy atom. The topological polar surface area (TPSA) is 11.4 Å². The summed E-state index contributed by atoms with van der Waals surface area (Å²) < 4.78 is 5.02. The number of thiophene rings is 1. The monoisotopic (exact) mass is 723 g/mol. The molecule has 0 atom stereocenters. The molecule has 3 nitrogen and oxygen atoms in total. The lowest BCUT2D eigenvalue weighted by Crippen LogP contribution is -2.17. The maximum Gasteiger partial charge on any atom is 0.0783 e. The van der Waals surface area contributed by atoms with Gasteiger partial charge in [-0.1, -0.05) is 97.1 Å². The molecule has 2 aromatic heterocycles. The van der Waals surface area contributed by atoms with Crippen LogP contribution in [0.1, 0.15) is 16.7 Å². The first kappa shape index (κ1) is 31.9. The molecule has 0 saturated carbocycles. The predicted octanol–water partition coefficient (Wildman–Crippen LogP) is 15.0. The predicted molar refractivity (Wildman–Crippen MR) is 236 cm³/mol. The van der Waals surface area contributed by atoms with Crippen LogP contribution in [0, 0.1) is 20.8 Å².